The fraction of sp³-hybridized carbons (Fsp3) is 0.167. The van der Waals surface area contributed by atoms with Crippen molar-refractivity contribution in [1.29, 1.82) is 0 Å². The van der Waals surface area contributed by atoms with Gasteiger partial charge in [-0.1, -0.05) is 29.8 Å². The van der Waals surface area contributed by atoms with Gasteiger partial charge in [0, 0.05) is 32.6 Å². The van der Waals surface area contributed by atoms with E-state index in [4.69, 9.17) is 16.0 Å². The molecule has 10 heteroatoms. The van der Waals surface area contributed by atoms with Crippen LogP contribution in [-0.4, -0.2) is 23.4 Å². The van der Waals surface area contributed by atoms with Gasteiger partial charge in [0.05, 0.1) is 11.3 Å². The number of carbonyl (C=O) groups is 3. The molecule has 8 nitrogen and oxygen atoms in total. The number of amides is 3. The lowest BCUT2D eigenvalue weighted by Gasteiger charge is -2.13. The Labute approximate surface area is 208 Å². The molecule has 0 fully saturated rings. The Morgan fingerprint density at radius 3 is 2.53 bits per heavy atom. The van der Waals surface area contributed by atoms with E-state index in [-0.39, 0.29) is 5.76 Å². The van der Waals surface area contributed by atoms with E-state index in [2.05, 4.69) is 37.3 Å². The van der Waals surface area contributed by atoms with E-state index in [9.17, 15) is 14.4 Å². The lowest BCUT2D eigenvalue weighted by atomic mass is 9.93. The molecule has 0 radical (unpaired) electrons. The Hall–Kier alpha value is -3.43. The molecule has 4 rings (SSSR count). The second-order valence-corrected chi connectivity index (χ2v) is 8.90. The molecule has 1 heterocycles. The van der Waals surface area contributed by atoms with Crippen molar-refractivity contribution in [2.75, 3.05) is 0 Å². The third-order valence-electron chi connectivity index (χ3n) is 5.32. The van der Waals surface area contributed by atoms with E-state index < -0.39 is 17.7 Å². The van der Waals surface area contributed by atoms with Crippen LogP contribution in [0.25, 0.3) is 0 Å². The topological polar surface area (TPSA) is 113 Å². The van der Waals surface area contributed by atoms with Crippen LogP contribution in [-0.2, 0) is 6.42 Å². The van der Waals surface area contributed by atoms with E-state index in [1.165, 1.54) is 0 Å². The van der Waals surface area contributed by atoms with Crippen molar-refractivity contribution >= 4 is 51.0 Å². The summed E-state index contributed by atoms with van der Waals surface area (Å²) >= 11 is 9.26. The first-order chi connectivity index (χ1) is 16.3. The van der Waals surface area contributed by atoms with Gasteiger partial charge in [-0.3, -0.25) is 25.2 Å². The van der Waals surface area contributed by atoms with Crippen LogP contribution in [0.5, 0.6) is 0 Å². The number of hydrazine groups is 1. The van der Waals surface area contributed by atoms with E-state index in [0.29, 0.717) is 56.1 Å². The summed E-state index contributed by atoms with van der Waals surface area (Å²) in [7, 11) is 0. The molecule has 0 saturated heterocycles. The molecule has 0 bridgehead atoms. The summed E-state index contributed by atoms with van der Waals surface area (Å²) in [5.74, 6) is -0.763. The fourth-order valence-corrected chi connectivity index (χ4v) is 4.35. The molecule has 2 aromatic carbocycles. The second kappa shape index (κ2) is 10.2. The summed E-state index contributed by atoms with van der Waals surface area (Å²) in [4.78, 5) is 37.5. The van der Waals surface area contributed by atoms with Crippen LogP contribution in [0, 0.1) is 6.92 Å². The van der Waals surface area contributed by atoms with Gasteiger partial charge < -0.3 is 4.42 Å². The van der Waals surface area contributed by atoms with Gasteiger partial charge in [0.2, 0.25) is 0 Å². The van der Waals surface area contributed by atoms with E-state index >= 15 is 0 Å². The number of fused-ring (bicyclic) bond motifs is 1. The highest BCUT2D eigenvalue weighted by Crippen LogP contribution is 2.30. The number of benzene rings is 2. The molecule has 0 unspecified atom stereocenters. The molecule has 1 aromatic heterocycles. The van der Waals surface area contributed by atoms with Gasteiger partial charge in [-0.25, -0.2) is 5.43 Å². The van der Waals surface area contributed by atoms with Crippen LogP contribution in [0.15, 0.2) is 62.5 Å². The largest absolute Gasteiger partial charge is 0.455 e. The van der Waals surface area contributed by atoms with Gasteiger partial charge in [0.1, 0.15) is 5.76 Å². The van der Waals surface area contributed by atoms with Gasteiger partial charge in [-0.15, -0.1) is 0 Å². The average Bonchev–Trinajstić information content (AvgIpc) is 3.18. The molecular formula is C24H20BrClN4O4. The second-order valence-electron chi connectivity index (χ2n) is 7.61. The van der Waals surface area contributed by atoms with Crippen molar-refractivity contribution in [2.24, 2.45) is 5.10 Å². The minimum Gasteiger partial charge on any atom is -0.455 e. The molecule has 3 amide bonds. The number of hydrogen-bond acceptors (Lipinski definition) is 5. The zero-order valence-corrected chi connectivity index (χ0v) is 20.4. The van der Waals surface area contributed by atoms with Crippen molar-refractivity contribution in [2.45, 2.75) is 26.2 Å². The molecule has 0 saturated carbocycles. The first-order valence-corrected chi connectivity index (χ1v) is 11.6. The SMILES string of the molecule is Cc1c(C(=O)NNC(=O)c2ccccc2Br)oc2c1/C(=N/NC(=O)c1cccc(Cl)c1)CCC2. The lowest BCUT2D eigenvalue weighted by molar-refractivity contribution is 0.0829. The third-order valence-corrected chi connectivity index (χ3v) is 6.25. The summed E-state index contributed by atoms with van der Waals surface area (Å²) in [6.07, 6.45) is 2.00. The quantitative estimate of drug-likeness (QED) is 0.419. The number of hydrogen-bond donors (Lipinski definition) is 3. The van der Waals surface area contributed by atoms with Gasteiger partial charge in [-0.05, 0) is 66.0 Å². The number of rotatable bonds is 4. The Bertz CT molecular complexity index is 1320. The Balaban J connectivity index is 1.49. The molecule has 34 heavy (non-hydrogen) atoms. The maximum Gasteiger partial charge on any atom is 0.305 e. The molecule has 0 atom stereocenters. The highest BCUT2D eigenvalue weighted by molar-refractivity contribution is 9.10. The van der Waals surface area contributed by atoms with Crippen molar-refractivity contribution in [3.63, 3.8) is 0 Å². The summed E-state index contributed by atoms with van der Waals surface area (Å²) in [6.45, 7) is 1.74. The fourth-order valence-electron chi connectivity index (χ4n) is 3.69. The molecule has 1 aliphatic carbocycles. The Morgan fingerprint density at radius 1 is 1.00 bits per heavy atom. The van der Waals surface area contributed by atoms with E-state index in [1.807, 2.05) is 0 Å². The minimum atomic E-state index is -0.588. The van der Waals surface area contributed by atoms with E-state index in [1.54, 1.807) is 55.5 Å². The van der Waals surface area contributed by atoms with Crippen LogP contribution in [0.1, 0.15) is 61.0 Å². The van der Waals surface area contributed by atoms with Gasteiger partial charge >= 0.3 is 5.91 Å². The van der Waals surface area contributed by atoms with Crippen LogP contribution < -0.4 is 16.3 Å². The summed E-state index contributed by atoms with van der Waals surface area (Å²) in [5.41, 5.74) is 10.00. The lowest BCUT2D eigenvalue weighted by Crippen LogP contribution is -2.41. The molecule has 0 aliphatic heterocycles. The number of nitrogens with zero attached hydrogens (tertiary/aromatic N) is 1. The van der Waals surface area contributed by atoms with Crippen molar-refractivity contribution in [1.82, 2.24) is 16.3 Å². The predicted octanol–water partition coefficient (Wildman–Crippen LogP) is 4.55. The number of hydrazone groups is 1. The maximum atomic E-state index is 12.7. The first-order valence-electron chi connectivity index (χ1n) is 10.5. The number of aryl methyl sites for hydroxylation is 1. The molecule has 174 valence electrons. The number of nitrogens with one attached hydrogen (secondary N) is 3. The highest BCUT2D eigenvalue weighted by atomic mass is 79.9. The Morgan fingerprint density at radius 2 is 1.76 bits per heavy atom. The molecule has 1 aliphatic rings. The van der Waals surface area contributed by atoms with Gasteiger partial charge in [0.25, 0.3) is 11.8 Å². The number of carbonyl (C=O) groups excluding carboxylic acids is 3. The van der Waals surface area contributed by atoms with Crippen LogP contribution in [0.4, 0.5) is 0 Å². The normalized spacial score (nSPS) is 13.8. The Kier molecular flexibility index (Phi) is 7.14. The average molecular weight is 544 g/mol. The molecule has 3 N–H and O–H groups in total. The van der Waals surface area contributed by atoms with Gasteiger partial charge in [-0.2, -0.15) is 5.10 Å². The third kappa shape index (κ3) is 5.05. The zero-order chi connectivity index (χ0) is 24.2. The highest BCUT2D eigenvalue weighted by Gasteiger charge is 2.28. The van der Waals surface area contributed by atoms with Gasteiger partial charge in [0.15, 0.2) is 5.76 Å². The predicted molar refractivity (Wildman–Crippen MR) is 131 cm³/mol. The summed E-state index contributed by atoms with van der Waals surface area (Å²) in [5, 5.41) is 4.75. The zero-order valence-electron chi connectivity index (χ0n) is 18.1. The number of halogens is 2. The molecule has 0 spiro atoms. The summed E-state index contributed by atoms with van der Waals surface area (Å²) < 4.78 is 6.42. The van der Waals surface area contributed by atoms with Crippen LogP contribution >= 0.6 is 27.5 Å². The first kappa shape index (κ1) is 23.7. The van der Waals surface area contributed by atoms with Crippen LogP contribution in [0.3, 0.4) is 0 Å². The van der Waals surface area contributed by atoms with E-state index in [0.717, 1.165) is 6.42 Å². The standard InChI is InChI=1S/C24H20BrClN4O4/c1-13-20-18(27-28-22(31)14-6-4-7-15(26)12-14)10-5-11-19(20)34-21(13)24(33)30-29-23(32)16-8-2-3-9-17(16)25/h2-4,6-9,12H,5,10-11H2,1H3,(H,28,31)(H,29,32)(H,30,33)/b27-18+. The molecule has 3 aromatic rings. The van der Waals surface area contributed by atoms with Crippen molar-refractivity contribution < 1.29 is 18.8 Å². The number of furan rings is 1. The molecular weight excluding hydrogens is 524 g/mol. The summed E-state index contributed by atoms with van der Waals surface area (Å²) in [6, 6.07) is 13.4. The monoisotopic (exact) mass is 542 g/mol. The van der Waals surface area contributed by atoms with Crippen molar-refractivity contribution in [3.05, 3.63) is 91.8 Å². The smallest absolute Gasteiger partial charge is 0.305 e. The van der Waals surface area contributed by atoms with Crippen LogP contribution in [0.2, 0.25) is 5.02 Å². The minimum absolute atomic E-state index is 0.0770. The van der Waals surface area contributed by atoms with Crippen molar-refractivity contribution in [3.8, 4) is 0 Å². The maximum absolute atomic E-state index is 12.7.